The molecule has 0 spiro atoms. The molecule has 13 amide bonds. The van der Waals surface area contributed by atoms with Crippen molar-refractivity contribution >= 4 is 130 Å². The molecule has 0 saturated heterocycles. The van der Waals surface area contributed by atoms with E-state index in [2.05, 4.69) is 79.1 Å². The number of carbonyl (C=O) groups is 18. The molecule has 16 unspecified atom stereocenters. The number of nitrogens with two attached hydrogens (primary N) is 7. The number of aliphatic carboxylic acids is 3. The lowest BCUT2D eigenvalue weighted by Gasteiger charge is -2.35. The SMILES string of the molecule is CSCCC(NC(=O)C(CCCN=C(N)N)NC(=O)CNC(=O)C(Cc1ccccc1)NC(=O)C(NC(=O)C(C)NC(=O)C(CO)NC(=O)C(N)CCCN=C(N)N)C(=O)C(N)CC(=O)O)C(=O)NC(CO)(C(=O)NC(CC(C)C)C(=O)NC(CC(C)C)C(=O)NC(C(=O)NC(CO)C(=O)NC(CC(C)C)C(=O)O)C(C)O)C(=O)C(N)CCC(=O)O. The number of rotatable bonds is 59. The molecule has 1 rings (SSSR count). The molecule has 0 radical (unpaired) electrons. The lowest BCUT2D eigenvalue weighted by Crippen LogP contribution is -2.72. The van der Waals surface area contributed by atoms with Gasteiger partial charge < -0.3 is 145 Å². The number of amides is 13. The van der Waals surface area contributed by atoms with E-state index in [9.17, 15) is 117 Å². The van der Waals surface area contributed by atoms with Crippen LogP contribution in [0, 0.1) is 17.8 Å². The highest BCUT2D eigenvalue weighted by atomic mass is 32.2. The third-order valence-electron chi connectivity index (χ3n) is 17.9. The number of benzene rings is 1. The largest absolute Gasteiger partial charge is 0.481 e. The standard InChI is InChI=1S/C73H122N22O25S/c1-34(2)25-45(63(112)93-54(38(8)99)67(116)91-50(32-97)65(114)89-48(69(118)119)27-36(5)6)87-62(111)46(26-35(3)4)92-70(120)73(33-98,57(106)40(74)19-20-52(101)102)95-66(115)44(21-24-121-9)86-61(110)43(18-14-23-82-72(79)80)85-51(100)30-83-60(109)47(28-39-15-11-10-12-16-39)88-68(117)55(56(105)42(76)29-53(103)104)94-58(107)37(7)84-64(113)49(31-96)90-59(108)41(75)17-13-22-81-71(77)78/h10-12,15-16,34-38,40-50,54-55,96-99H,13-14,17-33,74-76H2,1-9H3,(H,83,109)(H,84,113)(H,85,100)(H,86,110)(H,87,111)(H,88,117)(H,89,114)(H,90,108)(H,91,116)(H,92,120)(H,93,112)(H,94,107)(H,95,115)(H,101,102)(H,103,104)(H,118,119)(H4,77,78,81)(H4,79,80,82). The molecule has 16 atom stereocenters. The van der Waals surface area contributed by atoms with Crippen LogP contribution >= 0.6 is 11.8 Å². The van der Waals surface area contributed by atoms with E-state index in [0.717, 1.165) is 25.6 Å². The Hall–Kier alpha value is -11.3. The zero-order valence-corrected chi connectivity index (χ0v) is 69.9. The number of carbonyl (C=O) groups excluding carboxylic acids is 15. The second kappa shape index (κ2) is 54.8. The van der Waals surface area contributed by atoms with Crippen LogP contribution in [0.3, 0.4) is 0 Å². The number of aliphatic hydroxyl groups excluding tert-OH is 4. The first kappa shape index (κ1) is 108. The van der Waals surface area contributed by atoms with Gasteiger partial charge in [-0.15, -0.1) is 0 Å². The molecule has 0 aliphatic rings. The summed E-state index contributed by atoms with van der Waals surface area (Å²) in [4.78, 5) is 255. The van der Waals surface area contributed by atoms with Gasteiger partial charge in [0, 0.05) is 25.9 Å². The number of aliphatic imine (C=N–C) groups is 2. The Morgan fingerprint density at radius 2 is 0.934 bits per heavy atom. The third-order valence-corrected chi connectivity index (χ3v) is 18.5. The molecular weight excluding hydrogens is 1620 g/mol. The second-order valence-electron chi connectivity index (χ2n) is 29.8. The predicted molar refractivity (Wildman–Crippen MR) is 436 cm³/mol. The van der Waals surface area contributed by atoms with E-state index in [1.54, 1.807) is 53.9 Å². The Labute approximate surface area is 702 Å². The maximum atomic E-state index is 15.1. The van der Waals surface area contributed by atoms with E-state index >= 15 is 4.79 Å². The summed E-state index contributed by atoms with van der Waals surface area (Å²) >= 11 is 1.11. The van der Waals surface area contributed by atoms with Gasteiger partial charge in [-0.1, -0.05) is 71.9 Å². The Morgan fingerprint density at radius 3 is 1.44 bits per heavy atom. The summed E-state index contributed by atoms with van der Waals surface area (Å²) in [5.74, 6) is -25.4. The summed E-state index contributed by atoms with van der Waals surface area (Å²) in [5, 5.41) is 101. The van der Waals surface area contributed by atoms with Crippen molar-refractivity contribution in [1.82, 2.24) is 69.1 Å². The molecule has 0 bridgehead atoms. The van der Waals surface area contributed by atoms with E-state index in [0.29, 0.717) is 5.56 Å². The zero-order valence-electron chi connectivity index (χ0n) is 69.0. The first-order valence-electron chi connectivity index (χ1n) is 38.7. The van der Waals surface area contributed by atoms with Gasteiger partial charge in [-0.2, -0.15) is 11.8 Å². The third kappa shape index (κ3) is 39.6. The van der Waals surface area contributed by atoms with E-state index in [-0.39, 0.29) is 82.1 Å². The molecule has 0 aliphatic heterocycles. The molecule has 1 aromatic rings. The summed E-state index contributed by atoms with van der Waals surface area (Å²) in [5.41, 5.74) is 36.8. The van der Waals surface area contributed by atoms with Crippen LogP contribution in [-0.4, -0.2) is 302 Å². The molecule has 1 aromatic carbocycles. The number of hydrogen-bond donors (Lipinski definition) is 27. The molecule has 0 aromatic heterocycles. The number of carboxylic acid groups (broad SMARTS) is 3. The van der Waals surface area contributed by atoms with Gasteiger partial charge in [0.1, 0.15) is 60.4 Å². The summed E-state index contributed by atoms with van der Waals surface area (Å²) in [6.45, 7) is 7.00. The number of thioether (sulfide) groups is 1. The molecule has 34 N–H and O–H groups in total. The van der Waals surface area contributed by atoms with Gasteiger partial charge in [0.15, 0.2) is 29.5 Å². The Balaban J connectivity index is 3.90. The van der Waals surface area contributed by atoms with Gasteiger partial charge in [-0.25, -0.2) is 4.79 Å². The fourth-order valence-corrected chi connectivity index (χ4v) is 11.9. The molecule has 48 heteroatoms. The van der Waals surface area contributed by atoms with Crippen LogP contribution in [0.4, 0.5) is 0 Å². The number of nitrogens with one attached hydrogen (secondary N) is 13. The number of ketones is 2. The van der Waals surface area contributed by atoms with Crippen LogP contribution in [0.25, 0.3) is 0 Å². The van der Waals surface area contributed by atoms with Gasteiger partial charge in [0.05, 0.1) is 57.0 Å². The monoisotopic (exact) mass is 1740 g/mol. The number of guanidine groups is 2. The molecule has 680 valence electrons. The summed E-state index contributed by atoms with van der Waals surface area (Å²) in [7, 11) is 0. The maximum absolute atomic E-state index is 15.1. The second-order valence-corrected chi connectivity index (χ2v) is 30.7. The van der Waals surface area contributed by atoms with Crippen molar-refractivity contribution in [1.29, 1.82) is 0 Å². The highest BCUT2D eigenvalue weighted by molar-refractivity contribution is 7.98. The van der Waals surface area contributed by atoms with E-state index < -0.39 is 272 Å². The first-order valence-corrected chi connectivity index (χ1v) is 40.1. The van der Waals surface area contributed by atoms with Crippen molar-refractivity contribution in [2.24, 2.45) is 67.9 Å². The van der Waals surface area contributed by atoms with Crippen LogP contribution in [0.15, 0.2) is 40.3 Å². The molecule has 0 fully saturated rings. The summed E-state index contributed by atoms with van der Waals surface area (Å²) in [6.07, 6.45) is -4.42. The number of nitrogens with zero attached hydrogens (tertiary/aromatic N) is 2. The van der Waals surface area contributed by atoms with Gasteiger partial charge >= 0.3 is 17.9 Å². The lowest BCUT2D eigenvalue weighted by atomic mass is 9.86. The number of hydrogen-bond acceptors (Lipinski definition) is 28. The van der Waals surface area contributed by atoms with Gasteiger partial charge in [0.2, 0.25) is 70.5 Å². The normalized spacial score (nSPS) is 15.4. The van der Waals surface area contributed by atoms with Crippen molar-refractivity contribution in [2.45, 2.75) is 229 Å². The summed E-state index contributed by atoms with van der Waals surface area (Å²) < 4.78 is 0. The van der Waals surface area contributed by atoms with Crippen molar-refractivity contribution in [3.63, 3.8) is 0 Å². The topological polar surface area (TPSA) is 812 Å². The van der Waals surface area contributed by atoms with Gasteiger partial charge in [-0.3, -0.25) is 91.5 Å². The first-order chi connectivity index (χ1) is 56.6. The van der Waals surface area contributed by atoms with Gasteiger partial charge in [-0.05, 0) is 107 Å². The Morgan fingerprint density at radius 1 is 0.463 bits per heavy atom. The molecule has 0 aliphatic carbocycles. The lowest BCUT2D eigenvalue weighted by molar-refractivity contribution is -0.147. The molecule has 121 heavy (non-hydrogen) atoms. The van der Waals surface area contributed by atoms with Gasteiger partial charge in [0.25, 0.3) is 11.8 Å². The van der Waals surface area contributed by atoms with Crippen molar-refractivity contribution in [3.8, 4) is 0 Å². The predicted octanol–water partition coefficient (Wildman–Crippen LogP) is -10.5. The number of Topliss-reactive ketones (excluding diaryl/α,β-unsaturated/α-hetero) is 2. The quantitative estimate of drug-likeness (QED) is 0.0125. The van der Waals surface area contributed by atoms with Crippen LogP contribution in [0.5, 0.6) is 0 Å². The fraction of sp³-hybridized carbons (Fsp3) is 0.644. The van der Waals surface area contributed by atoms with Crippen molar-refractivity contribution < 1.29 is 122 Å². The highest BCUT2D eigenvalue weighted by Gasteiger charge is 2.51. The highest BCUT2D eigenvalue weighted by Crippen LogP contribution is 2.19. The van der Waals surface area contributed by atoms with Crippen LogP contribution < -0.4 is 109 Å². The number of aliphatic hydroxyl groups is 4. The maximum Gasteiger partial charge on any atom is 0.326 e. The molecule has 0 saturated carbocycles. The van der Waals surface area contributed by atoms with E-state index in [4.69, 9.17) is 40.1 Å². The summed E-state index contributed by atoms with van der Waals surface area (Å²) in [6, 6.07) is -17.4. The minimum Gasteiger partial charge on any atom is -0.481 e. The van der Waals surface area contributed by atoms with Crippen LogP contribution in [-0.2, 0) is 92.7 Å². The van der Waals surface area contributed by atoms with E-state index in [1.807, 2.05) is 0 Å². The molecular formula is C73H122N22O25S. The average molecular weight is 1740 g/mol. The van der Waals surface area contributed by atoms with Crippen molar-refractivity contribution in [3.05, 3.63) is 35.9 Å². The van der Waals surface area contributed by atoms with E-state index in [1.165, 1.54) is 24.3 Å². The smallest absolute Gasteiger partial charge is 0.326 e. The number of carboxylic acids is 3. The Kier molecular flexibility index (Phi) is 48.8. The average Bonchev–Trinajstić information content (AvgIpc) is 0.776. The fourth-order valence-electron chi connectivity index (χ4n) is 11.4. The Bertz CT molecular complexity index is 3760. The molecule has 47 nitrogen and oxygen atoms in total. The minimum atomic E-state index is -3.27. The van der Waals surface area contributed by atoms with Crippen molar-refractivity contribution in [2.75, 3.05) is 51.5 Å². The van der Waals surface area contributed by atoms with Crippen LogP contribution in [0.2, 0.25) is 0 Å². The molecule has 0 heterocycles. The van der Waals surface area contributed by atoms with Crippen LogP contribution in [0.1, 0.15) is 132 Å². The minimum absolute atomic E-state index is 0.000662. The zero-order chi connectivity index (χ0) is 92.3.